The number of ether oxygens (including phenoxy) is 1. The number of hydrogen-bond acceptors (Lipinski definition) is 2. The highest BCUT2D eigenvalue weighted by molar-refractivity contribution is 5.91. The molecule has 3 nitrogen and oxygen atoms in total. The lowest BCUT2D eigenvalue weighted by molar-refractivity contribution is -0.116. The van der Waals surface area contributed by atoms with Crippen LogP contribution in [-0.2, 0) is 4.79 Å². The van der Waals surface area contributed by atoms with Crippen LogP contribution >= 0.6 is 0 Å². The number of nitrogens with one attached hydrogen (secondary N) is 1. The van der Waals surface area contributed by atoms with Crippen molar-refractivity contribution in [1.82, 2.24) is 0 Å². The third kappa shape index (κ3) is 4.62. The Kier molecular flexibility index (Phi) is 5.59. The van der Waals surface area contributed by atoms with Gasteiger partial charge < -0.3 is 10.1 Å². The number of rotatable bonds is 6. The van der Waals surface area contributed by atoms with Gasteiger partial charge in [-0.3, -0.25) is 4.79 Å². The van der Waals surface area contributed by atoms with Gasteiger partial charge in [-0.15, -0.1) is 0 Å². The first kappa shape index (κ1) is 16.1. The number of para-hydroxylation sites is 1. The van der Waals surface area contributed by atoms with Crippen LogP contribution in [0.15, 0.2) is 48.5 Å². The van der Waals surface area contributed by atoms with Crippen molar-refractivity contribution in [2.24, 2.45) is 0 Å². The largest absolute Gasteiger partial charge is 0.493 e. The summed E-state index contributed by atoms with van der Waals surface area (Å²) in [5.41, 5.74) is 3.23. The standard InChI is InChI=1S/C19H23NO2/c1-14(2)17-6-4-5-7-18(17)20-19(21)12-13-22-16-10-8-15(3)9-11-16/h4-11,14H,12-13H2,1-3H3,(H,20,21). The first-order valence-corrected chi connectivity index (χ1v) is 7.64. The molecule has 0 radical (unpaired) electrons. The zero-order valence-corrected chi connectivity index (χ0v) is 13.4. The molecule has 0 atom stereocenters. The number of amides is 1. The SMILES string of the molecule is Cc1ccc(OCCC(=O)Nc2ccccc2C(C)C)cc1. The van der Waals surface area contributed by atoms with Crippen LogP contribution in [-0.4, -0.2) is 12.5 Å². The number of carbonyl (C=O) groups is 1. The molecule has 0 aliphatic carbocycles. The zero-order valence-electron chi connectivity index (χ0n) is 13.4. The fraction of sp³-hybridized carbons (Fsp3) is 0.316. The molecule has 2 aromatic carbocycles. The lowest BCUT2D eigenvalue weighted by Crippen LogP contribution is -2.16. The molecule has 2 aromatic rings. The third-order valence-electron chi connectivity index (χ3n) is 3.48. The summed E-state index contributed by atoms with van der Waals surface area (Å²) in [7, 11) is 0. The fourth-order valence-corrected chi connectivity index (χ4v) is 2.22. The van der Waals surface area contributed by atoms with Gasteiger partial charge in [0.15, 0.2) is 0 Å². The van der Waals surface area contributed by atoms with Crippen molar-refractivity contribution in [2.75, 3.05) is 11.9 Å². The molecular weight excluding hydrogens is 274 g/mol. The lowest BCUT2D eigenvalue weighted by atomic mass is 10.0. The maximum absolute atomic E-state index is 12.0. The molecule has 116 valence electrons. The minimum atomic E-state index is -0.0276. The van der Waals surface area contributed by atoms with Crippen molar-refractivity contribution in [3.05, 3.63) is 59.7 Å². The van der Waals surface area contributed by atoms with Gasteiger partial charge in [0, 0.05) is 5.69 Å². The summed E-state index contributed by atoms with van der Waals surface area (Å²) in [6.45, 7) is 6.64. The monoisotopic (exact) mass is 297 g/mol. The Morgan fingerprint density at radius 1 is 1.09 bits per heavy atom. The quantitative estimate of drug-likeness (QED) is 0.851. The summed E-state index contributed by atoms with van der Waals surface area (Å²) in [5, 5.41) is 2.97. The van der Waals surface area contributed by atoms with Gasteiger partial charge in [-0.25, -0.2) is 0 Å². The van der Waals surface area contributed by atoms with E-state index in [2.05, 4.69) is 19.2 Å². The molecular formula is C19H23NO2. The highest BCUT2D eigenvalue weighted by atomic mass is 16.5. The Labute approximate surface area is 132 Å². The molecule has 0 saturated heterocycles. The van der Waals surface area contributed by atoms with E-state index in [1.165, 1.54) is 5.56 Å². The maximum atomic E-state index is 12.0. The molecule has 0 bridgehead atoms. The van der Waals surface area contributed by atoms with Gasteiger partial charge in [0.25, 0.3) is 0 Å². The Balaban J connectivity index is 1.84. The second-order valence-corrected chi connectivity index (χ2v) is 5.70. The molecule has 1 N–H and O–H groups in total. The minimum Gasteiger partial charge on any atom is -0.493 e. The van der Waals surface area contributed by atoms with Crippen LogP contribution in [0, 0.1) is 6.92 Å². The van der Waals surface area contributed by atoms with Crippen molar-refractivity contribution in [2.45, 2.75) is 33.1 Å². The van der Waals surface area contributed by atoms with Gasteiger partial charge in [0.1, 0.15) is 5.75 Å². The molecule has 3 heteroatoms. The van der Waals surface area contributed by atoms with E-state index < -0.39 is 0 Å². The fourth-order valence-electron chi connectivity index (χ4n) is 2.22. The van der Waals surface area contributed by atoms with Crippen LogP contribution in [0.3, 0.4) is 0 Å². The maximum Gasteiger partial charge on any atom is 0.227 e. The predicted molar refractivity (Wildman–Crippen MR) is 90.5 cm³/mol. The molecule has 0 aromatic heterocycles. The summed E-state index contributed by atoms with van der Waals surface area (Å²) in [4.78, 5) is 12.0. The Morgan fingerprint density at radius 3 is 2.45 bits per heavy atom. The van der Waals surface area contributed by atoms with Gasteiger partial charge in [-0.2, -0.15) is 0 Å². The molecule has 1 amide bonds. The summed E-state index contributed by atoms with van der Waals surface area (Å²) in [6.07, 6.45) is 0.334. The van der Waals surface area contributed by atoms with E-state index in [4.69, 9.17) is 4.74 Å². The van der Waals surface area contributed by atoms with Crippen LogP contribution in [0.5, 0.6) is 5.75 Å². The molecule has 0 saturated carbocycles. The second kappa shape index (κ2) is 7.64. The molecule has 0 spiro atoms. The van der Waals surface area contributed by atoms with Crippen LogP contribution in [0.25, 0.3) is 0 Å². The highest BCUT2D eigenvalue weighted by Gasteiger charge is 2.09. The lowest BCUT2D eigenvalue weighted by Gasteiger charge is -2.13. The summed E-state index contributed by atoms with van der Waals surface area (Å²) < 4.78 is 5.59. The van der Waals surface area contributed by atoms with E-state index in [9.17, 15) is 4.79 Å². The average Bonchev–Trinajstić information content (AvgIpc) is 2.49. The minimum absolute atomic E-state index is 0.0276. The van der Waals surface area contributed by atoms with Gasteiger partial charge in [-0.1, -0.05) is 49.7 Å². The number of carbonyl (C=O) groups excluding carboxylic acids is 1. The predicted octanol–water partition coefficient (Wildman–Crippen LogP) is 4.53. The van der Waals surface area contributed by atoms with E-state index in [-0.39, 0.29) is 5.91 Å². The molecule has 0 unspecified atom stereocenters. The second-order valence-electron chi connectivity index (χ2n) is 5.70. The summed E-state index contributed by atoms with van der Waals surface area (Å²) >= 11 is 0. The highest BCUT2D eigenvalue weighted by Crippen LogP contribution is 2.23. The molecule has 22 heavy (non-hydrogen) atoms. The number of hydrogen-bond donors (Lipinski definition) is 1. The van der Waals surface area contributed by atoms with Gasteiger partial charge in [-0.05, 0) is 36.6 Å². The Bertz CT molecular complexity index is 618. The van der Waals surface area contributed by atoms with Crippen molar-refractivity contribution in [3.63, 3.8) is 0 Å². The smallest absolute Gasteiger partial charge is 0.227 e. The van der Waals surface area contributed by atoms with Crippen molar-refractivity contribution in [1.29, 1.82) is 0 Å². The molecule has 2 rings (SSSR count). The van der Waals surface area contributed by atoms with E-state index in [0.717, 1.165) is 17.0 Å². The van der Waals surface area contributed by atoms with E-state index in [0.29, 0.717) is 18.9 Å². The number of anilines is 1. The first-order valence-electron chi connectivity index (χ1n) is 7.64. The van der Waals surface area contributed by atoms with Crippen molar-refractivity contribution < 1.29 is 9.53 Å². The van der Waals surface area contributed by atoms with E-state index in [1.54, 1.807) is 0 Å². The van der Waals surface area contributed by atoms with E-state index in [1.807, 2.05) is 55.5 Å². The summed E-state index contributed by atoms with van der Waals surface area (Å²) in [6, 6.07) is 15.7. The van der Waals surface area contributed by atoms with Crippen molar-refractivity contribution >= 4 is 11.6 Å². The zero-order chi connectivity index (χ0) is 15.9. The number of benzene rings is 2. The topological polar surface area (TPSA) is 38.3 Å². The molecule has 0 aliphatic rings. The summed E-state index contributed by atoms with van der Waals surface area (Å²) in [5.74, 6) is 1.14. The van der Waals surface area contributed by atoms with Crippen LogP contribution in [0.1, 0.15) is 37.3 Å². The Morgan fingerprint density at radius 2 is 1.77 bits per heavy atom. The van der Waals surface area contributed by atoms with Crippen molar-refractivity contribution in [3.8, 4) is 5.75 Å². The third-order valence-corrected chi connectivity index (χ3v) is 3.48. The van der Waals surface area contributed by atoms with E-state index >= 15 is 0 Å². The van der Waals surface area contributed by atoms with Gasteiger partial charge in [0.05, 0.1) is 13.0 Å². The van der Waals surface area contributed by atoms with Crippen LogP contribution in [0.4, 0.5) is 5.69 Å². The van der Waals surface area contributed by atoms with Crippen LogP contribution < -0.4 is 10.1 Å². The van der Waals surface area contributed by atoms with Gasteiger partial charge in [0.2, 0.25) is 5.91 Å². The number of aryl methyl sites for hydroxylation is 1. The normalized spacial score (nSPS) is 10.5. The van der Waals surface area contributed by atoms with Gasteiger partial charge >= 0.3 is 0 Å². The molecule has 0 fully saturated rings. The average molecular weight is 297 g/mol. The molecule has 0 aliphatic heterocycles. The Hall–Kier alpha value is -2.29. The van der Waals surface area contributed by atoms with Crippen LogP contribution in [0.2, 0.25) is 0 Å². The molecule has 0 heterocycles. The first-order chi connectivity index (χ1) is 10.6.